The first kappa shape index (κ1) is 6.15. The average molecular weight is 148 g/mol. The van der Waals surface area contributed by atoms with Crippen LogP contribution < -0.4 is 5.73 Å². The largest absolute Gasteiger partial charge is 0.368 e. The van der Waals surface area contributed by atoms with Crippen molar-refractivity contribution < 1.29 is 0 Å². The standard InChI is InChI=1S/C7H8N4/c1-4-2-9-5-3-10-7(8)11-6(4)5/h2-3,9H,1H3,(H2,8,10,11). The second-order valence-electron chi connectivity index (χ2n) is 2.46. The molecule has 0 aliphatic heterocycles. The van der Waals surface area contributed by atoms with Gasteiger partial charge in [0.2, 0.25) is 5.95 Å². The molecule has 0 amide bonds. The van der Waals surface area contributed by atoms with Crippen molar-refractivity contribution in [3.63, 3.8) is 0 Å². The van der Waals surface area contributed by atoms with Crippen LogP contribution in [0.2, 0.25) is 0 Å². The molecular weight excluding hydrogens is 140 g/mol. The van der Waals surface area contributed by atoms with Crippen molar-refractivity contribution in [1.82, 2.24) is 15.0 Å². The molecule has 0 radical (unpaired) electrons. The van der Waals surface area contributed by atoms with Gasteiger partial charge in [-0.1, -0.05) is 0 Å². The summed E-state index contributed by atoms with van der Waals surface area (Å²) in [5, 5.41) is 0. The lowest BCUT2D eigenvalue weighted by atomic mass is 10.3. The van der Waals surface area contributed by atoms with E-state index in [1.807, 2.05) is 13.1 Å². The van der Waals surface area contributed by atoms with Crippen molar-refractivity contribution in [2.45, 2.75) is 6.92 Å². The predicted octanol–water partition coefficient (Wildman–Crippen LogP) is 0.849. The van der Waals surface area contributed by atoms with E-state index >= 15 is 0 Å². The first-order valence-electron chi connectivity index (χ1n) is 3.33. The second kappa shape index (κ2) is 1.95. The minimum atomic E-state index is 0.320. The molecule has 2 rings (SSSR count). The van der Waals surface area contributed by atoms with Crippen LogP contribution in [0, 0.1) is 6.92 Å². The van der Waals surface area contributed by atoms with Gasteiger partial charge in [-0.3, -0.25) is 0 Å². The van der Waals surface area contributed by atoms with E-state index in [4.69, 9.17) is 5.73 Å². The van der Waals surface area contributed by atoms with Crippen LogP contribution in [0.25, 0.3) is 11.0 Å². The van der Waals surface area contributed by atoms with Crippen LogP contribution >= 0.6 is 0 Å². The van der Waals surface area contributed by atoms with E-state index in [-0.39, 0.29) is 0 Å². The minimum Gasteiger partial charge on any atom is -0.368 e. The van der Waals surface area contributed by atoms with Crippen LogP contribution in [0.3, 0.4) is 0 Å². The summed E-state index contributed by atoms with van der Waals surface area (Å²) in [6.45, 7) is 1.98. The van der Waals surface area contributed by atoms with Gasteiger partial charge in [0, 0.05) is 6.20 Å². The number of H-pyrrole nitrogens is 1. The highest BCUT2D eigenvalue weighted by molar-refractivity contribution is 5.78. The summed E-state index contributed by atoms with van der Waals surface area (Å²) in [6.07, 6.45) is 3.57. The van der Waals surface area contributed by atoms with Crippen molar-refractivity contribution in [3.8, 4) is 0 Å². The van der Waals surface area contributed by atoms with Crippen LogP contribution in [0.1, 0.15) is 5.56 Å². The van der Waals surface area contributed by atoms with E-state index in [0.29, 0.717) is 5.95 Å². The molecule has 0 fully saturated rings. The van der Waals surface area contributed by atoms with Gasteiger partial charge in [0.15, 0.2) is 0 Å². The Labute approximate surface area is 63.5 Å². The Bertz CT molecular complexity index is 390. The number of aromatic nitrogens is 3. The monoisotopic (exact) mass is 148 g/mol. The highest BCUT2D eigenvalue weighted by Crippen LogP contribution is 2.13. The number of nitrogens with zero attached hydrogens (tertiary/aromatic N) is 2. The third kappa shape index (κ3) is 0.832. The van der Waals surface area contributed by atoms with Crippen LogP contribution in [-0.2, 0) is 0 Å². The van der Waals surface area contributed by atoms with Gasteiger partial charge < -0.3 is 10.7 Å². The number of nitrogens with one attached hydrogen (secondary N) is 1. The number of rotatable bonds is 0. The Balaban J connectivity index is 2.87. The van der Waals surface area contributed by atoms with E-state index in [1.165, 1.54) is 0 Å². The van der Waals surface area contributed by atoms with Crippen molar-refractivity contribution in [2.24, 2.45) is 0 Å². The Morgan fingerprint density at radius 1 is 1.55 bits per heavy atom. The fourth-order valence-corrected chi connectivity index (χ4v) is 1.06. The molecule has 2 heterocycles. The van der Waals surface area contributed by atoms with Crippen molar-refractivity contribution in [1.29, 1.82) is 0 Å². The molecule has 2 aromatic heterocycles. The molecule has 0 saturated heterocycles. The lowest BCUT2D eigenvalue weighted by Crippen LogP contribution is -1.93. The Morgan fingerprint density at radius 2 is 2.36 bits per heavy atom. The van der Waals surface area contributed by atoms with Crippen LogP contribution in [0.4, 0.5) is 5.95 Å². The number of hydrogen-bond donors (Lipinski definition) is 2. The van der Waals surface area contributed by atoms with Gasteiger partial charge in [-0.05, 0) is 12.5 Å². The molecule has 0 aliphatic carbocycles. The maximum absolute atomic E-state index is 5.42. The summed E-state index contributed by atoms with van der Waals surface area (Å²) in [7, 11) is 0. The van der Waals surface area contributed by atoms with E-state index in [0.717, 1.165) is 16.6 Å². The predicted molar refractivity (Wildman–Crippen MR) is 43.0 cm³/mol. The normalized spacial score (nSPS) is 10.6. The highest BCUT2D eigenvalue weighted by Gasteiger charge is 2.00. The number of hydrogen-bond acceptors (Lipinski definition) is 3. The smallest absolute Gasteiger partial charge is 0.220 e. The minimum absolute atomic E-state index is 0.320. The first-order valence-corrected chi connectivity index (χ1v) is 3.33. The van der Waals surface area contributed by atoms with Gasteiger partial charge in [0.1, 0.15) is 0 Å². The summed E-state index contributed by atoms with van der Waals surface area (Å²) < 4.78 is 0. The Morgan fingerprint density at radius 3 is 3.18 bits per heavy atom. The van der Waals surface area contributed by atoms with E-state index in [2.05, 4.69) is 15.0 Å². The van der Waals surface area contributed by atoms with E-state index in [9.17, 15) is 0 Å². The van der Waals surface area contributed by atoms with Gasteiger partial charge in [-0.25, -0.2) is 9.97 Å². The number of fused-ring (bicyclic) bond motifs is 1. The fraction of sp³-hybridized carbons (Fsp3) is 0.143. The van der Waals surface area contributed by atoms with E-state index < -0.39 is 0 Å². The molecule has 0 aliphatic rings. The molecule has 0 aromatic carbocycles. The number of aryl methyl sites for hydroxylation is 1. The summed E-state index contributed by atoms with van der Waals surface area (Å²) in [4.78, 5) is 11.0. The van der Waals surface area contributed by atoms with E-state index in [1.54, 1.807) is 6.20 Å². The maximum atomic E-state index is 5.42. The van der Waals surface area contributed by atoms with Crippen molar-refractivity contribution in [2.75, 3.05) is 5.73 Å². The summed E-state index contributed by atoms with van der Waals surface area (Å²) in [5.41, 5.74) is 8.34. The molecule has 56 valence electrons. The van der Waals surface area contributed by atoms with Crippen molar-refractivity contribution >= 4 is 17.0 Å². The maximum Gasteiger partial charge on any atom is 0.220 e. The zero-order valence-electron chi connectivity index (χ0n) is 6.13. The van der Waals surface area contributed by atoms with Gasteiger partial charge in [-0.15, -0.1) is 0 Å². The molecule has 4 heteroatoms. The van der Waals surface area contributed by atoms with Gasteiger partial charge in [-0.2, -0.15) is 0 Å². The van der Waals surface area contributed by atoms with Crippen molar-refractivity contribution in [3.05, 3.63) is 18.0 Å². The molecule has 0 atom stereocenters. The molecule has 0 unspecified atom stereocenters. The molecule has 11 heavy (non-hydrogen) atoms. The lowest BCUT2D eigenvalue weighted by Gasteiger charge is -1.91. The molecule has 3 N–H and O–H groups in total. The third-order valence-electron chi connectivity index (χ3n) is 1.63. The Kier molecular flexibility index (Phi) is 1.09. The number of nitrogen functional groups attached to an aromatic ring is 1. The Hall–Kier alpha value is -1.58. The SMILES string of the molecule is Cc1c[nH]c2cnc(N)nc12. The number of aromatic amines is 1. The summed E-state index contributed by atoms with van der Waals surface area (Å²) >= 11 is 0. The van der Waals surface area contributed by atoms with Crippen LogP contribution in [0.15, 0.2) is 12.4 Å². The first-order chi connectivity index (χ1) is 5.27. The van der Waals surface area contributed by atoms with Crippen LogP contribution in [-0.4, -0.2) is 15.0 Å². The topological polar surface area (TPSA) is 67.6 Å². The summed E-state index contributed by atoms with van der Waals surface area (Å²) in [5.74, 6) is 0.320. The summed E-state index contributed by atoms with van der Waals surface area (Å²) in [6, 6.07) is 0. The molecule has 0 spiro atoms. The van der Waals surface area contributed by atoms with Gasteiger partial charge in [0.05, 0.1) is 17.2 Å². The average Bonchev–Trinajstić information content (AvgIpc) is 2.33. The second-order valence-corrected chi connectivity index (χ2v) is 2.46. The molecule has 4 nitrogen and oxygen atoms in total. The fourth-order valence-electron chi connectivity index (χ4n) is 1.06. The van der Waals surface area contributed by atoms with Gasteiger partial charge >= 0.3 is 0 Å². The highest BCUT2D eigenvalue weighted by atomic mass is 15.0. The zero-order valence-corrected chi connectivity index (χ0v) is 6.13. The zero-order chi connectivity index (χ0) is 7.84. The number of anilines is 1. The van der Waals surface area contributed by atoms with Gasteiger partial charge in [0.25, 0.3) is 0 Å². The lowest BCUT2D eigenvalue weighted by molar-refractivity contribution is 1.23. The molecule has 0 bridgehead atoms. The molecule has 0 saturated carbocycles. The number of nitrogens with two attached hydrogens (primary N) is 1. The quantitative estimate of drug-likeness (QED) is 0.582. The molecular formula is C7H8N4. The van der Waals surface area contributed by atoms with Crippen LogP contribution in [0.5, 0.6) is 0 Å². The third-order valence-corrected chi connectivity index (χ3v) is 1.63. The molecule has 2 aromatic rings.